The van der Waals surface area contributed by atoms with Gasteiger partial charge >= 0.3 is 0 Å². The quantitative estimate of drug-likeness (QED) is 0.639. The molecule has 6 heteroatoms. The van der Waals surface area contributed by atoms with Gasteiger partial charge in [-0.25, -0.2) is 9.97 Å². The summed E-state index contributed by atoms with van der Waals surface area (Å²) in [6.45, 7) is 4.83. The summed E-state index contributed by atoms with van der Waals surface area (Å²) in [7, 11) is 3.46. The van der Waals surface area contributed by atoms with Gasteiger partial charge in [-0.1, -0.05) is 6.92 Å². The van der Waals surface area contributed by atoms with Gasteiger partial charge in [-0.05, 0) is 13.3 Å². The third-order valence-electron chi connectivity index (χ3n) is 3.00. The number of aryl methyl sites for hydroxylation is 1. The van der Waals surface area contributed by atoms with Crippen LogP contribution in [0.4, 0.5) is 11.6 Å². The average molecular weight is 282 g/mol. The summed E-state index contributed by atoms with van der Waals surface area (Å²) in [5, 5.41) is 16.4. The number of aliphatic hydroxyl groups is 1. The zero-order valence-electron chi connectivity index (χ0n) is 12.9. The van der Waals surface area contributed by atoms with E-state index in [1.807, 2.05) is 13.1 Å². The van der Waals surface area contributed by atoms with Gasteiger partial charge in [0.05, 0.1) is 5.60 Å². The highest BCUT2D eigenvalue weighted by molar-refractivity contribution is 5.47. The topological polar surface area (TPSA) is 79.3 Å². The van der Waals surface area contributed by atoms with E-state index < -0.39 is 5.60 Å². The van der Waals surface area contributed by atoms with Gasteiger partial charge < -0.3 is 20.5 Å². The molecule has 1 atom stereocenters. The van der Waals surface area contributed by atoms with Crippen LogP contribution >= 0.6 is 0 Å². The lowest BCUT2D eigenvalue weighted by atomic mass is 10.0. The van der Waals surface area contributed by atoms with Crippen LogP contribution in [0.3, 0.4) is 0 Å². The molecule has 114 valence electrons. The van der Waals surface area contributed by atoms with Crippen molar-refractivity contribution in [2.75, 3.05) is 37.9 Å². The fourth-order valence-electron chi connectivity index (χ4n) is 1.74. The smallest absolute Gasteiger partial charge is 0.133 e. The molecule has 0 aliphatic heterocycles. The predicted octanol–water partition coefficient (Wildman–Crippen LogP) is 1.67. The first kappa shape index (κ1) is 16.7. The van der Waals surface area contributed by atoms with Gasteiger partial charge in [0.1, 0.15) is 17.5 Å². The standard InChI is InChI=1S/C14H26N4O2/c1-5-6-11-17-12(15-3)9-13(18-11)16-10-14(2,19)7-8-20-4/h9,19H,5-8,10H2,1-4H3,(H2,15,16,17,18). The number of methoxy groups -OCH3 is 1. The summed E-state index contributed by atoms with van der Waals surface area (Å²) in [6.07, 6.45) is 2.41. The maximum atomic E-state index is 10.2. The van der Waals surface area contributed by atoms with Crippen LogP contribution in [0.5, 0.6) is 0 Å². The zero-order chi connectivity index (χ0) is 15.0. The van der Waals surface area contributed by atoms with Crippen LogP contribution in [0.25, 0.3) is 0 Å². The average Bonchev–Trinajstić information content (AvgIpc) is 2.43. The molecule has 1 heterocycles. The summed E-state index contributed by atoms with van der Waals surface area (Å²) in [5.41, 5.74) is -0.828. The molecule has 0 aromatic carbocycles. The summed E-state index contributed by atoms with van der Waals surface area (Å²) in [6, 6.07) is 1.84. The molecule has 6 nitrogen and oxygen atoms in total. The van der Waals surface area contributed by atoms with Crippen LogP contribution in [0.15, 0.2) is 6.07 Å². The monoisotopic (exact) mass is 282 g/mol. The predicted molar refractivity (Wildman–Crippen MR) is 81.2 cm³/mol. The van der Waals surface area contributed by atoms with Crippen LogP contribution < -0.4 is 10.6 Å². The van der Waals surface area contributed by atoms with E-state index in [1.165, 1.54) is 0 Å². The van der Waals surface area contributed by atoms with E-state index in [0.29, 0.717) is 19.6 Å². The van der Waals surface area contributed by atoms with Crippen molar-refractivity contribution in [3.05, 3.63) is 11.9 Å². The second-order valence-corrected chi connectivity index (χ2v) is 5.15. The molecule has 0 aliphatic carbocycles. The van der Waals surface area contributed by atoms with Crippen molar-refractivity contribution >= 4 is 11.6 Å². The number of hydrogen-bond donors (Lipinski definition) is 3. The Bertz CT molecular complexity index is 410. The van der Waals surface area contributed by atoms with Crippen molar-refractivity contribution in [2.24, 2.45) is 0 Å². The van der Waals surface area contributed by atoms with Crippen molar-refractivity contribution in [3.8, 4) is 0 Å². The number of nitrogens with zero attached hydrogens (tertiary/aromatic N) is 2. The maximum absolute atomic E-state index is 10.2. The highest BCUT2D eigenvalue weighted by Crippen LogP contribution is 2.15. The van der Waals surface area contributed by atoms with Crippen LogP contribution in [-0.2, 0) is 11.2 Å². The molecule has 0 amide bonds. The molecule has 1 rings (SSSR count). The van der Waals surface area contributed by atoms with E-state index >= 15 is 0 Å². The summed E-state index contributed by atoms with van der Waals surface area (Å²) < 4.78 is 4.99. The van der Waals surface area contributed by atoms with Gasteiger partial charge in [0.25, 0.3) is 0 Å². The third-order valence-corrected chi connectivity index (χ3v) is 3.00. The summed E-state index contributed by atoms with van der Waals surface area (Å²) >= 11 is 0. The Morgan fingerprint density at radius 2 is 2.05 bits per heavy atom. The number of rotatable bonds is 9. The SMILES string of the molecule is CCCc1nc(NC)cc(NCC(C)(O)CCOC)n1. The van der Waals surface area contributed by atoms with Gasteiger partial charge in [-0.3, -0.25) is 0 Å². The van der Waals surface area contributed by atoms with Gasteiger partial charge in [0.15, 0.2) is 0 Å². The van der Waals surface area contributed by atoms with E-state index in [4.69, 9.17) is 4.74 Å². The van der Waals surface area contributed by atoms with Crippen molar-refractivity contribution in [1.29, 1.82) is 0 Å². The number of anilines is 2. The van der Waals surface area contributed by atoms with E-state index in [-0.39, 0.29) is 0 Å². The lowest BCUT2D eigenvalue weighted by Crippen LogP contribution is -2.35. The van der Waals surface area contributed by atoms with Gasteiger partial charge in [-0.2, -0.15) is 0 Å². The van der Waals surface area contributed by atoms with Crippen LogP contribution in [-0.4, -0.2) is 48.0 Å². The van der Waals surface area contributed by atoms with Crippen LogP contribution in [0.2, 0.25) is 0 Å². The lowest BCUT2D eigenvalue weighted by molar-refractivity contribution is 0.0357. The fraction of sp³-hybridized carbons (Fsp3) is 0.714. The number of nitrogens with one attached hydrogen (secondary N) is 2. The largest absolute Gasteiger partial charge is 0.388 e. The van der Waals surface area contributed by atoms with E-state index in [1.54, 1.807) is 14.0 Å². The Hall–Kier alpha value is -1.40. The molecule has 3 N–H and O–H groups in total. The first-order valence-corrected chi connectivity index (χ1v) is 7.01. The molecule has 20 heavy (non-hydrogen) atoms. The number of hydrogen-bond acceptors (Lipinski definition) is 6. The molecule has 1 aromatic rings. The van der Waals surface area contributed by atoms with E-state index in [9.17, 15) is 5.11 Å². The van der Waals surface area contributed by atoms with Crippen LogP contribution in [0.1, 0.15) is 32.5 Å². The maximum Gasteiger partial charge on any atom is 0.133 e. The van der Waals surface area contributed by atoms with Crippen molar-refractivity contribution in [1.82, 2.24) is 9.97 Å². The first-order valence-electron chi connectivity index (χ1n) is 7.01. The highest BCUT2D eigenvalue weighted by Gasteiger charge is 2.20. The lowest BCUT2D eigenvalue weighted by Gasteiger charge is -2.23. The molecule has 0 fully saturated rings. The number of aromatic nitrogens is 2. The molecule has 0 spiro atoms. The van der Waals surface area contributed by atoms with Gasteiger partial charge in [-0.15, -0.1) is 0 Å². The Kier molecular flexibility index (Phi) is 6.67. The number of ether oxygens (including phenoxy) is 1. The molecule has 0 aliphatic rings. The zero-order valence-corrected chi connectivity index (χ0v) is 12.9. The molecule has 0 saturated heterocycles. The van der Waals surface area contributed by atoms with E-state index in [2.05, 4.69) is 27.5 Å². The van der Waals surface area contributed by atoms with Gasteiger partial charge in [0.2, 0.25) is 0 Å². The molecular formula is C14H26N4O2. The minimum Gasteiger partial charge on any atom is -0.388 e. The summed E-state index contributed by atoms with van der Waals surface area (Å²) in [4.78, 5) is 8.84. The molecular weight excluding hydrogens is 256 g/mol. The molecule has 1 aromatic heterocycles. The minimum absolute atomic E-state index is 0.419. The Morgan fingerprint density at radius 1 is 1.35 bits per heavy atom. The Balaban J connectivity index is 2.68. The molecule has 0 bridgehead atoms. The van der Waals surface area contributed by atoms with E-state index in [0.717, 1.165) is 30.3 Å². The first-order chi connectivity index (χ1) is 9.50. The molecule has 0 radical (unpaired) electrons. The second-order valence-electron chi connectivity index (χ2n) is 5.15. The van der Waals surface area contributed by atoms with Crippen molar-refractivity contribution in [3.63, 3.8) is 0 Å². The van der Waals surface area contributed by atoms with Crippen molar-refractivity contribution < 1.29 is 9.84 Å². The minimum atomic E-state index is -0.828. The highest BCUT2D eigenvalue weighted by atomic mass is 16.5. The van der Waals surface area contributed by atoms with Gasteiger partial charge in [0, 0.05) is 46.2 Å². The summed E-state index contributed by atoms with van der Waals surface area (Å²) in [5.74, 6) is 2.31. The normalized spacial score (nSPS) is 13.8. The third kappa shape index (κ3) is 5.71. The van der Waals surface area contributed by atoms with Crippen molar-refractivity contribution in [2.45, 2.75) is 38.7 Å². The Morgan fingerprint density at radius 3 is 2.65 bits per heavy atom. The second kappa shape index (κ2) is 8.01. The fourth-order valence-corrected chi connectivity index (χ4v) is 1.74. The Labute approximate surface area is 121 Å². The molecule has 0 saturated carbocycles. The van der Waals surface area contributed by atoms with Crippen LogP contribution in [0, 0.1) is 0 Å². The molecule has 1 unspecified atom stereocenters.